The largest absolute Gasteiger partial charge is 0.288 e. The molecule has 0 heterocycles. The Hall–Kier alpha value is -0.460. The SMILES string of the molecule is CCCCCCCN(CCCCCCC)C(C)(C)C#CC(=O)S. The molecule has 0 aliphatic rings. The molecule has 0 aliphatic heterocycles. The highest BCUT2D eigenvalue weighted by atomic mass is 32.1. The molecule has 2 nitrogen and oxygen atoms in total. The lowest BCUT2D eigenvalue weighted by atomic mass is 10.0. The molecule has 0 bridgehead atoms. The summed E-state index contributed by atoms with van der Waals surface area (Å²) in [6.07, 6.45) is 12.9. The maximum Gasteiger partial charge on any atom is 0.259 e. The molecule has 0 aromatic heterocycles. The first-order valence-electron chi connectivity index (χ1n) is 9.45. The molecule has 0 radical (unpaired) electrons. The van der Waals surface area contributed by atoms with Crippen LogP contribution in [0.2, 0.25) is 0 Å². The van der Waals surface area contributed by atoms with Gasteiger partial charge in [0.2, 0.25) is 0 Å². The molecule has 0 atom stereocenters. The standard InChI is InChI=1S/C20H37NOS/c1-5-7-9-11-13-17-21(18-14-12-10-8-6-2)20(3,4)16-15-19(22)23/h5-14,17-18H2,1-4H3,(H,22,23). The van der Waals surface area contributed by atoms with Crippen LogP contribution in [0.4, 0.5) is 0 Å². The minimum absolute atomic E-state index is 0.256. The van der Waals surface area contributed by atoms with Crippen molar-refractivity contribution in [3.05, 3.63) is 0 Å². The van der Waals surface area contributed by atoms with Crippen molar-refractivity contribution in [3.8, 4) is 11.8 Å². The molecule has 0 saturated carbocycles. The van der Waals surface area contributed by atoms with Gasteiger partial charge in [0.1, 0.15) is 0 Å². The van der Waals surface area contributed by atoms with Crippen LogP contribution >= 0.6 is 12.6 Å². The fourth-order valence-corrected chi connectivity index (χ4v) is 2.82. The lowest BCUT2D eigenvalue weighted by Gasteiger charge is -2.35. The highest BCUT2D eigenvalue weighted by Crippen LogP contribution is 2.17. The fourth-order valence-electron chi connectivity index (χ4n) is 2.77. The summed E-state index contributed by atoms with van der Waals surface area (Å²) in [7, 11) is 0. The van der Waals surface area contributed by atoms with Crippen molar-refractivity contribution >= 4 is 17.7 Å². The van der Waals surface area contributed by atoms with Crippen molar-refractivity contribution in [2.24, 2.45) is 0 Å². The molecular formula is C20H37NOS. The molecule has 0 saturated heterocycles. The summed E-state index contributed by atoms with van der Waals surface area (Å²) >= 11 is 3.77. The van der Waals surface area contributed by atoms with Crippen LogP contribution in [0.5, 0.6) is 0 Å². The number of nitrogens with zero attached hydrogens (tertiary/aromatic N) is 1. The van der Waals surface area contributed by atoms with Crippen LogP contribution in [0.3, 0.4) is 0 Å². The Morgan fingerprint density at radius 2 is 1.30 bits per heavy atom. The summed E-state index contributed by atoms with van der Waals surface area (Å²) in [5.74, 6) is 5.73. The summed E-state index contributed by atoms with van der Waals surface area (Å²) < 4.78 is 0. The van der Waals surface area contributed by atoms with Gasteiger partial charge < -0.3 is 0 Å². The Morgan fingerprint density at radius 3 is 1.70 bits per heavy atom. The summed E-state index contributed by atoms with van der Waals surface area (Å²) in [6, 6.07) is 0. The number of rotatable bonds is 13. The average Bonchev–Trinajstić information content (AvgIpc) is 2.50. The van der Waals surface area contributed by atoms with Crippen molar-refractivity contribution < 1.29 is 4.79 Å². The molecule has 0 spiro atoms. The summed E-state index contributed by atoms with van der Waals surface area (Å²) in [4.78, 5) is 13.5. The molecule has 0 aromatic rings. The van der Waals surface area contributed by atoms with Gasteiger partial charge in [-0.25, -0.2) is 0 Å². The minimum Gasteiger partial charge on any atom is -0.288 e. The van der Waals surface area contributed by atoms with Crippen LogP contribution in [0, 0.1) is 11.8 Å². The zero-order valence-corrected chi connectivity index (χ0v) is 16.7. The molecule has 0 unspecified atom stereocenters. The van der Waals surface area contributed by atoms with E-state index in [2.05, 4.69) is 57.1 Å². The molecular weight excluding hydrogens is 302 g/mol. The predicted octanol–water partition coefficient (Wildman–Crippen LogP) is 5.47. The van der Waals surface area contributed by atoms with Crippen LogP contribution in [0.25, 0.3) is 0 Å². The maximum absolute atomic E-state index is 11.0. The molecule has 0 amide bonds. The molecule has 23 heavy (non-hydrogen) atoms. The summed E-state index contributed by atoms with van der Waals surface area (Å²) in [5, 5.41) is -0.344. The van der Waals surface area contributed by atoms with E-state index in [1.54, 1.807) is 0 Å². The van der Waals surface area contributed by atoms with Crippen LogP contribution in [0.15, 0.2) is 0 Å². The monoisotopic (exact) mass is 339 g/mol. The molecule has 134 valence electrons. The number of carbonyl (C=O) groups is 1. The Labute approximate surface area is 150 Å². The first-order chi connectivity index (χ1) is 10.9. The van der Waals surface area contributed by atoms with Crippen LogP contribution in [0.1, 0.15) is 91.9 Å². The van der Waals surface area contributed by atoms with Crippen molar-refractivity contribution in [2.75, 3.05) is 13.1 Å². The van der Waals surface area contributed by atoms with E-state index in [0.29, 0.717) is 0 Å². The topological polar surface area (TPSA) is 20.3 Å². The molecule has 0 rings (SSSR count). The van der Waals surface area contributed by atoms with E-state index in [1.807, 2.05) is 0 Å². The van der Waals surface area contributed by atoms with Crippen molar-refractivity contribution in [2.45, 2.75) is 97.4 Å². The van der Waals surface area contributed by atoms with Gasteiger partial charge in [-0.15, -0.1) is 0 Å². The molecule has 0 N–H and O–H groups in total. The third-order valence-corrected chi connectivity index (χ3v) is 4.44. The second kappa shape index (κ2) is 13.9. The van der Waals surface area contributed by atoms with Crippen molar-refractivity contribution in [1.29, 1.82) is 0 Å². The van der Waals surface area contributed by atoms with Crippen molar-refractivity contribution in [1.82, 2.24) is 4.90 Å². The third kappa shape index (κ3) is 12.6. The number of carbonyl (C=O) groups excluding carboxylic acids is 1. The minimum atomic E-state index is -0.344. The molecule has 3 heteroatoms. The Bertz CT molecular complexity index is 354. The summed E-state index contributed by atoms with van der Waals surface area (Å²) in [5.41, 5.74) is -0.256. The average molecular weight is 340 g/mol. The van der Waals surface area contributed by atoms with Gasteiger partial charge in [-0.1, -0.05) is 83.8 Å². The maximum atomic E-state index is 11.0. The zero-order chi connectivity index (χ0) is 17.6. The normalized spacial score (nSPS) is 11.4. The number of hydrogen-bond acceptors (Lipinski definition) is 2. The van der Waals surface area contributed by atoms with Crippen LogP contribution in [-0.4, -0.2) is 28.6 Å². The first kappa shape index (κ1) is 22.5. The van der Waals surface area contributed by atoms with Gasteiger partial charge in [0.15, 0.2) is 0 Å². The molecule has 0 aliphatic carbocycles. The highest BCUT2D eigenvalue weighted by molar-refractivity contribution is 7.97. The van der Waals surface area contributed by atoms with Gasteiger partial charge in [0, 0.05) is 0 Å². The van der Waals surface area contributed by atoms with E-state index in [1.165, 1.54) is 64.2 Å². The second-order valence-corrected chi connectivity index (χ2v) is 7.34. The van der Waals surface area contributed by atoms with Crippen LogP contribution in [-0.2, 0) is 4.79 Å². The van der Waals surface area contributed by atoms with E-state index >= 15 is 0 Å². The summed E-state index contributed by atoms with van der Waals surface area (Å²) in [6.45, 7) is 10.9. The van der Waals surface area contributed by atoms with E-state index in [9.17, 15) is 4.79 Å². The van der Waals surface area contributed by atoms with Crippen molar-refractivity contribution in [3.63, 3.8) is 0 Å². The Balaban J connectivity index is 4.46. The quantitative estimate of drug-likeness (QED) is 0.273. The van der Waals surface area contributed by atoms with E-state index in [0.717, 1.165) is 13.1 Å². The van der Waals surface area contributed by atoms with E-state index in [4.69, 9.17) is 0 Å². The van der Waals surface area contributed by atoms with Gasteiger partial charge >= 0.3 is 0 Å². The van der Waals surface area contributed by atoms with Gasteiger partial charge in [0.25, 0.3) is 5.12 Å². The molecule has 0 aromatic carbocycles. The van der Waals surface area contributed by atoms with Gasteiger partial charge in [-0.3, -0.25) is 9.69 Å². The fraction of sp³-hybridized carbons (Fsp3) is 0.850. The lowest BCUT2D eigenvalue weighted by Crippen LogP contribution is -2.44. The third-order valence-electron chi connectivity index (χ3n) is 4.33. The predicted molar refractivity (Wildman–Crippen MR) is 105 cm³/mol. The lowest BCUT2D eigenvalue weighted by molar-refractivity contribution is -0.106. The second-order valence-electron chi connectivity index (χ2n) is 6.93. The zero-order valence-electron chi connectivity index (χ0n) is 15.8. The Morgan fingerprint density at radius 1 is 0.870 bits per heavy atom. The number of unbranched alkanes of at least 4 members (excludes halogenated alkanes) is 8. The van der Waals surface area contributed by atoms with E-state index < -0.39 is 0 Å². The Kier molecular flexibility index (Phi) is 13.7. The van der Waals surface area contributed by atoms with Gasteiger partial charge in [-0.2, -0.15) is 0 Å². The first-order valence-corrected chi connectivity index (χ1v) is 9.90. The molecule has 0 fully saturated rings. The number of hydrogen-bond donors (Lipinski definition) is 1. The van der Waals surface area contributed by atoms with Gasteiger partial charge in [0.05, 0.1) is 5.54 Å². The highest BCUT2D eigenvalue weighted by Gasteiger charge is 2.23. The smallest absolute Gasteiger partial charge is 0.259 e. The van der Waals surface area contributed by atoms with Crippen LogP contribution < -0.4 is 0 Å². The number of thiol groups is 1. The van der Waals surface area contributed by atoms with Gasteiger partial charge in [-0.05, 0) is 45.7 Å². The van der Waals surface area contributed by atoms with E-state index in [-0.39, 0.29) is 10.7 Å².